The van der Waals surface area contributed by atoms with Crippen molar-refractivity contribution in [2.24, 2.45) is 0 Å². The number of esters is 1. The molecule has 106 valence electrons. The first-order valence-corrected chi connectivity index (χ1v) is 7.84. The van der Waals surface area contributed by atoms with Gasteiger partial charge in [-0.3, -0.25) is 9.69 Å². The quantitative estimate of drug-likeness (QED) is 0.398. The molecule has 18 heavy (non-hydrogen) atoms. The van der Waals surface area contributed by atoms with Crippen LogP contribution in [0.5, 0.6) is 0 Å². The van der Waals surface area contributed by atoms with Crippen LogP contribution in [-0.4, -0.2) is 42.9 Å². The third-order valence-electron chi connectivity index (χ3n) is 3.45. The Kier molecular flexibility index (Phi) is 8.51. The lowest BCUT2D eigenvalue weighted by molar-refractivity contribution is -0.149. The normalized spacial score (nSPS) is 16.4. The third kappa shape index (κ3) is 7.27. The number of unbranched alkanes of at least 4 members (excludes halogenated alkanes) is 3. The Morgan fingerprint density at radius 1 is 1.22 bits per heavy atom. The minimum atomic E-state index is -0.0558. The van der Waals surface area contributed by atoms with Gasteiger partial charge in [-0.2, -0.15) is 12.6 Å². The van der Waals surface area contributed by atoms with E-state index in [1.807, 2.05) is 7.05 Å². The van der Waals surface area contributed by atoms with Crippen molar-refractivity contribution in [2.45, 2.75) is 57.5 Å². The fourth-order valence-electron chi connectivity index (χ4n) is 2.38. The van der Waals surface area contributed by atoms with E-state index >= 15 is 0 Å². The molecule has 0 aromatic heterocycles. The highest BCUT2D eigenvalue weighted by atomic mass is 32.1. The molecule has 1 saturated carbocycles. The summed E-state index contributed by atoms with van der Waals surface area (Å²) in [7, 11) is 1.99. The van der Waals surface area contributed by atoms with Gasteiger partial charge in [0.15, 0.2) is 0 Å². The van der Waals surface area contributed by atoms with Crippen LogP contribution in [0.1, 0.15) is 51.4 Å². The Labute approximate surface area is 117 Å². The molecule has 1 rings (SSSR count). The zero-order valence-corrected chi connectivity index (χ0v) is 12.5. The summed E-state index contributed by atoms with van der Waals surface area (Å²) < 4.78 is 5.44. The molecule has 1 fully saturated rings. The number of hydrogen-bond donors (Lipinski definition) is 1. The lowest BCUT2D eigenvalue weighted by Gasteiger charge is -2.17. The van der Waals surface area contributed by atoms with Crippen molar-refractivity contribution in [1.29, 1.82) is 0 Å². The SMILES string of the molecule is CN(CCCCCCS)CC(=O)OC1CCCC1. The Bertz CT molecular complexity index is 230. The molecule has 0 aliphatic heterocycles. The van der Waals surface area contributed by atoms with E-state index in [1.54, 1.807) is 0 Å². The van der Waals surface area contributed by atoms with Crippen LogP contribution >= 0.6 is 12.6 Å². The van der Waals surface area contributed by atoms with Crippen molar-refractivity contribution in [3.8, 4) is 0 Å². The second-order valence-corrected chi connectivity index (χ2v) is 5.72. The van der Waals surface area contributed by atoms with E-state index in [-0.39, 0.29) is 12.1 Å². The molecule has 1 aliphatic carbocycles. The average molecular weight is 273 g/mol. The number of carbonyl (C=O) groups is 1. The Morgan fingerprint density at radius 3 is 2.56 bits per heavy atom. The van der Waals surface area contributed by atoms with Gasteiger partial charge in [-0.1, -0.05) is 12.8 Å². The molecule has 0 bridgehead atoms. The molecule has 0 amide bonds. The van der Waals surface area contributed by atoms with E-state index in [9.17, 15) is 4.79 Å². The third-order valence-corrected chi connectivity index (χ3v) is 3.76. The maximum absolute atomic E-state index is 11.7. The number of likely N-dealkylation sites (N-methyl/N-ethyl adjacent to an activating group) is 1. The predicted octanol–water partition coefficient (Wildman–Crippen LogP) is 2.89. The predicted molar refractivity (Wildman–Crippen MR) is 78.2 cm³/mol. The highest BCUT2D eigenvalue weighted by Gasteiger charge is 2.19. The average Bonchev–Trinajstić information content (AvgIpc) is 2.81. The summed E-state index contributed by atoms with van der Waals surface area (Å²) in [5, 5.41) is 0. The number of carbonyl (C=O) groups excluding carboxylic acids is 1. The number of ether oxygens (including phenoxy) is 1. The molecule has 0 atom stereocenters. The van der Waals surface area contributed by atoms with E-state index in [4.69, 9.17) is 4.74 Å². The van der Waals surface area contributed by atoms with Crippen LogP contribution in [0.15, 0.2) is 0 Å². The zero-order chi connectivity index (χ0) is 13.2. The summed E-state index contributed by atoms with van der Waals surface area (Å²) in [5.74, 6) is 0.920. The van der Waals surface area contributed by atoms with E-state index in [0.29, 0.717) is 6.54 Å². The molecular weight excluding hydrogens is 246 g/mol. The minimum absolute atomic E-state index is 0.0558. The lowest BCUT2D eigenvalue weighted by atomic mass is 10.2. The van der Waals surface area contributed by atoms with Crippen LogP contribution in [-0.2, 0) is 9.53 Å². The fraction of sp³-hybridized carbons (Fsp3) is 0.929. The molecule has 1 aliphatic rings. The van der Waals surface area contributed by atoms with Crippen molar-refractivity contribution in [1.82, 2.24) is 4.90 Å². The van der Waals surface area contributed by atoms with Gasteiger partial charge in [0, 0.05) is 0 Å². The second kappa shape index (κ2) is 9.68. The Balaban J connectivity index is 2.00. The Morgan fingerprint density at radius 2 is 1.89 bits per heavy atom. The molecule has 0 spiro atoms. The topological polar surface area (TPSA) is 29.5 Å². The summed E-state index contributed by atoms with van der Waals surface area (Å²) in [5.41, 5.74) is 0. The molecule has 0 saturated heterocycles. The number of nitrogens with zero attached hydrogens (tertiary/aromatic N) is 1. The smallest absolute Gasteiger partial charge is 0.320 e. The lowest BCUT2D eigenvalue weighted by Crippen LogP contribution is -2.30. The molecule has 0 radical (unpaired) electrons. The first-order valence-electron chi connectivity index (χ1n) is 7.21. The van der Waals surface area contributed by atoms with Gasteiger partial charge in [-0.15, -0.1) is 0 Å². The summed E-state index contributed by atoms with van der Waals surface area (Å²) in [6.07, 6.45) is 9.53. The van der Waals surface area contributed by atoms with Gasteiger partial charge >= 0.3 is 5.97 Å². The first-order chi connectivity index (χ1) is 8.72. The van der Waals surface area contributed by atoms with Gasteiger partial charge < -0.3 is 4.74 Å². The second-order valence-electron chi connectivity index (χ2n) is 5.27. The van der Waals surface area contributed by atoms with E-state index in [1.165, 1.54) is 32.1 Å². The van der Waals surface area contributed by atoms with Gasteiger partial charge in [0.05, 0.1) is 6.54 Å². The molecule has 0 unspecified atom stereocenters. The number of hydrogen-bond acceptors (Lipinski definition) is 4. The van der Waals surface area contributed by atoms with Gasteiger partial charge in [0.1, 0.15) is 6.10 Å². The molecule has 0 N–H and O–H groups in total. The molecule has 4 heteroatoms. The van der Waals surface area contributed by atoms with Gasteiger partial charge in [0.2, 0.25) is 0 Å². The number of thiol groups is 1. The summed E-state index contributed by atoms with van der Waals surface area (Å²) in [6.45, 7) is 1.41. The van der Waals surface area contributed by atoms with Crippen LogP contribution in [0.4, 0.5) is 0 Å². The maximum Gasteiger partial charge on any atom is 0.320 e. The van der Waals surface area contributed by atoms with E-state index in [2.05, 4.69) is 17.5 Å². The van der Waals surface area contributed by atoms with Crippen LogP contribution in [0.25, 0.3) is 0 Å². The summed E-state index contributed by atoms with van der Waals surface area (Å²) in [4.78, 5) is 13.7. The molecular formula is C14H27NO2S. The Hall–Kier alpha value is -0.220. The van der Waals surface area contributed by atoms with Crippen LogP contribution < -0.4 is 0 Å². The van der Waals surface area contributed by atoms with Crippen LogP contribution in [0, 0.1) is 0 Å². The number of rotatable bonds is 9. The zero-order valence-electron chi connectivity index (χ0n) is 11.6. The summed E-state index contributed by atoms with van der Waals surface area (Å²) >= 11 is 4.19. The van der Waals surface area contributed by atoms with Crippen molar-refractivity contribution < 1.29 is 9.53 Å². The molecule has 3 nitrogen and oxygen atoms in total. The molecule has 0 heterocycles. The van der Waals surface area contributed by atoms with Crippen molar-refractivity contribution in [3.63, 3.8) is 0 Å². The summed E-state index contributed by atoms with van der Waals surface area (Å²) in [6, 6.07) is 0. The molecule has 0 aromatic carbocycles. The van der Waals surface area contributed by atoms with Crippen molar-refractivity contribution in [3.05, 3.63) is 0 Å². The van der Waals surface area contributed by atoms with Crippen molar-refractivity contribution in [2.75, 3.05) is 25.9 Å². The van der Waals surface area contributed by atoms with E-state index < -0.39 is 0 Å². The maximum atomic E-state index is 11.7. The van der Waals surface area contributed by atoms with Gasteiger partial charge in [0.25, 0.3) is 0 Å². The minimum Gasteiger partial charge on any atom is -0.461 e. The van der Waals surface area contributed by atoms with Gasteiger partial charge in [-0.05, 0) is 57.9 Å². The fourth-order valence-corrected chi connectivity index (χ4v) is 2.60. The van der Waals surface area contributed by atoms with E-state index in [0.717, 1.165) is 31.6 Å². The molecule has 0 aromatic rings. The van der Waals surface area contributed by atoms with Crippen LogP contribution in [0.3, 0.4) is 0 Å². The van der Waals surface area contributed by atoms with Crippen LogP contribution in [0.2, 0.25) is 0 Å². The standard InChI is InChI=1S/C14H27NO2S/c1-15(10-6-2-3-7-11-18)12-14(16)17-13-8-4-5-9-13/h13,18H,2-12H2,1H3. The largest absolute Gasteiger partial charge is 0.461 e. The highest BCUT2D eigenvalue weighted by Crippen LogP contribution is 2.20. The monoisotopic (exact) mass is 273 g/mol. The first kappa shape index (κ1) is 15.8. The van der Waals surface area contributed by atoms with Gasteiger partial charge in [-0.25, -0.2) is 0 Å². The van der Waals surface area contributed by atoms with Crippen molar-refractivity contribution >= 4 is 18.6 Å². The highest BCUT2D eigenvalue weighted by molar-refractivity contribution is 7.80.